The first-order valence-corrected chi connectivity index (χ1v) is 8.07. The zero-order valence-electron chi connectivity index (χ0n) is 14.7. The molecular weight excluding hydrogens is 314 g/mol. The van der Waals surface area contributed by atoms with Crippen molar-refractivity contribution in [1.82, 2.24) is 4.90 Å². The van der Waals surface area contributed by atoms with E-state index >= 15 is 0 Å². The normalized spacial score (nSPS) is 10.5. The van der Waals surface area contributed by atoms with E-state index in [0.717, 1.165) is 22.1 Å². The largest absolute Gasteiger partial charge is 0.497 e. The topological polar surface area (TPSA) is 38.8 Å². The van der Waals surface area contributed by atoms with Crippen LogP contribution in [0.5, 0.6) is 11.5 Å². The van der Waals surface area contributed by atoms with Crippen LogP contribution in [0.4, 0.5) is 0 Å². The number of hydrogen-bond donors (Lipinski definition) is 0. The quantitative estimate of drug-likeness (QED) is 0.704. The first-order chi connectivity index (χ1) is 12.1. The van der Waals surface area contributed by atoms with Crippen LogP contribution in [0.15, 0.2) is 60.7 Å². The number of nitrogens with zero attached hydrogens (tertiary/aromatic N) is 1. The zero-order chi connectivity index (χ0) is 17.8. The molecule has 4 nitrogen and oxygen atoms in total. The van der Waals surface area contributed by atoms with Gasteiger partial charge in [-0.15, -0.1) is 0 Å². The molecule has 0 saturated carbocycles. The monoisotopic (exact) mass is 335 g/mol. The highest BCUT2D eigenvalue weighted by Gasteiger charge is 2.15. The Morgan fingerprint density at radius 3 is 2.40 bits per heavy atom. The lowest BCUT2D eigenvalue weighted by molar-refractivity contribution is 0.0784. The van der Waals surface area contributed by atoms with Crippen LogP contribution < -0.4 is 9.47 Å². The van der Waals surface area contributed by atoms with E-state index in [1.807, 2.05) is 60.7 Å². The third kappa shape index (κ3) is 3.58. The van der Waals surface area contributed by atoms with Gasteiger partial charge in [0.1, 0.15) is 11.5 Å². The summed E-state index contributed by atoms with van der Waals surface area (Å²) < 4.78 is 10.6. The van der Waals surface area contributed by atoms with Crippen molar-refractivity contribution in [1.29, 1.82) is 0 Å². The maximum Gasteiger partial charge on any atom is 0.253 e. The Morgan fingerprint density at radius 2 is 1.68 bits per heavy atom. The van der Waals surface area contributed by atoms with Crippen LogP contribution in [-0.2, 0) is 6.54 Å². The van der Waals surface area contributed by atoms with Gasteiger partial charge in [-0.05, 0) is 35.0 Å². The second kappa shape index (κ2) is 7.26. The van der Waals surface area contributed by atoms with Crippen molar-refractivity contribution in [3.63, 3.8) is 0 Å². The van der Waals surface area contributed by atoms with Crippen LogP contribution >= 0.6 is 0 Å². The Bertz CT molecular complexity index is 905. The fourth-order valence-corrected chi connectivity index (χ4v) is 2.85. The molecule has 0 spiro atoms. The van der Waals surface area contributed by atoms with Crippen LogP contribution in [-0.4, -0.2) is 32.1 Å². The number of fused-ring (bicyclic) bond motifs is 1. The Hall–Kier alpha value is -3.01. The molecule has 0 bridgehead atoms. The van der Waals surface area contributed by atoms with Gasteiger partial charge >= 0.3 is 0 Å². The highest BCUT2D eigenvalue weighted by molar-refractivity contribution is 5.98. The number of rotatable bonds is 5. The van der Waals surface area contributed by atoms with Gasteiger partial charge in [-0.2, -0.15) is 0 Å². The minimum atomic E-state index is -0.0244. The van der Waals surface area contributed by atoms with E-state index in [-0.39, 0.29) is 5.91 Å². The predicted molar refractivity (Wildman–Crippen MR) is 99.3 cm³/mol. The summed E-state index contributed by atoms with van der Waals surface area (Å²) in [5.41, 5.74) is 1.61. The fourth-order valence-electron chi connectivity index (χ4n) is 2.85. The molecule has 3 rings (SSSR count). The molecule has 25 heavy (non-hydrogen) atoms. The molecule has 4 heteroatoms. The van der Waals surface area contributed by atoms with Crippen molar-refractivity contribution in [2.45, 2.75) is 6.54 Å². The highest BCUT2D eigenvalue weighted by Crippen LogP contribution is 2.26. The van der Waals surface area contributed by atoms with Crippen molar-refractivity contribution in [2.75, 3.05) is 21.3 Å². The Morgan fingerprint density at radius 1 is 0.920 bits per heavy atom. The molecule has 0 aliphatic rings. The molecule has 0 aliphatic carbocycles. The number of amides is 1. The van der Waals surface area contributed by atoms with Gasteiger partial charge in [0, 0.05) is 30.8 Å². The number of hydrogen-bond acceptors (Lipinski definition) is 3. The minimum Gasteiger partial charge on any atom is -0.497 e. The average Bonchev–Trinajstić information content (AvgIpc) is 2.67. The van der Waals surface area contributed by atoms with Gasteiger partial charge in [0.05, 0.1) is 14.2 Å². The molecule has 0 radical (unpaired) electrons. The summed E-state index contributed by atoms with van der Waals surface area (Å²) in [5, 5.41) is 2.18. The van der Waals surface area contributed by atoms with Gasteiger partial charge in [-0.3, -0.25) is 4.79 Å². The second-order valence-corrected chi connectivity index (χ2v) is 5.90. The summed E-state index contributed by atoms with van der Waals surface area (Å²) >= 11 is 0. The molecule has 1 amide bonds. The number of methoxy groups -OCH3 is 2. The van der Waals surface area contributed by atoms with Crippen molar-refractivity contribution >= 4 is 16.7 Å². The van der Waals surface area contributed by atoms with Crippen LogP contribution in [0.2, 0.25) is 0 Å². The van der Waals surface area contributed by atoms with E-state index in [9.17, 15) is 4.79 Å². The van der Waals surface area contributed by atoms with Crippen LogP contribution in [0, 0.1) is 0 Å². The number of benzene rings is 3. The summed E-state index contributed by atoms with van der Waals surface area (Å²) in [5.74, 6) is 1.41. The van der Waals surface area contributed by atoms with Crippen LogP contribution in [0.25, 0.3) is 10.8 Å². The van der Waals surface area contributed by atoms with Gasteiger partial charge in [0.2, 0.25) is 0 Å². The van der Waals surface area contributed by atoms with E-state index in [0.29, 0.717) is 17.9 Å². The average molecular weight is 335 g/mol. The molecule has 0 heterocycles. The van der Waals surface area contributed by atoms with Crippen LogP contribution in [0.1, 0.15) is 15.9 Å². The molecule has 0 aromatic heterocycles. The van der Waals surface area contributed by atoms with Crippen LogP contribution in [0.3, 0.4) is 0 Å². The number of ether oxygens (including phenoxy) is 2. The molecule has 3 aromatic carbocycles. The molecule has 0 atom stereocenters. The zero-order valence-corrected chi connectivity index (χ0v) is 14.7. The molecule has 0 saturated heterocycles. The third-order valence-electron chi connectivity index (χ3n) is 4.24. The Kier molecular flexibility index (Phi) is 4.89. The lowest BCUT2D eigenvalue weighted by atomic mass is 10.1. The fraction of sp³-hybridized carbons (Fsp3) is 0.190. The smallest absolute Gasteiger partial charge is 0.253 e. The molecule has 0 fully saturated rings. The van der Waals surface area contributed by atoms with Crippen molar-refractivity contribution in [3.05, 3.63) is 71.8 Å². The van der Waals surface area contributed by atoms with Gasteiger partial charge in [-0.25, -0.2) is 0 Å². The van der Waals surface area contributed by atoms with E-state index in [1.165, 1.54) is 0 Å². The minimum absolute atomic E-state index is 0.0244. The number of carbonyl (C=O) groups is 1. The number of carbonyl (C=O) groups excluding carboxylic acids is 1. The maximum absolute atomic E-state index is 12.8. The first-order valence-electron chi connectivity index (χ1n) is 8.07. The van der Waals surface area contributed by atoms with Crippen molar-refractivity contribution in [3.8, 4) is 11.5 Å². The SMILES string of the molecule is COc1ccc(CN(C)C(=O)c2ccc3ccccc3c2)c(OC)c1. The lowest BCUT2D eigenvalue weighted by Gasteiger charge is -2.19. The molecular formula is C21H21NO3. The lowest BCUT2D eigenvalue weighted by Crippen LogP contribution is -2.26. The summed E-state index contributed by atoms with van der Waals surface area (Å²) in [6.07, 6.45) is 0. The summed E-state index contributed by atoms with van der Waals surface area (Å²) in [6, 6.07) is 19.4. The predicted octanol–water partition coefficient (Wildman–Crippen LogP) is 4.13. The molecule has 0 N–H and O–H groups in total. The van der Waals surface area contributed by atoms with Crippen molar-refractivity contribution < 1.29 is 14.3 Å². The summed E-state index contributed by atoms with van der Waals surface area (Å²) in [4.78, 5) is 14.5. The third-order valence-corrected chi connectivity index (χ3v) is 4.24. The molecule has 3 aromatic rings. The Balaban J connectivity index is 1.82. The van der Waals surface area contributed by atoms with E-state index in [2.05, 4.69) is 0 Å². The van der Waals surface area contributed by atoms with Gasteiger partial charge in [-0.1, -0.05) is 30.3 Å². The Labute approximate surface area is 147 Å². The van der Waals surface area contributed by atoms with E-state index < -0.39 is 0 Å². The van der Waals surface area contributed by atoms with Gasteiger partial charge in [0.25, 0.3) is 5.91 Å². The molecule has 0 unspecified atom stereocenters. The summed E-state index contributed by atoms with van der Waals surface area (Å²) in [7, 11) is 5.02. The standard InChI is InChI=1S/C21H21NO3/c1-22(14-18-10-11-19(24-2)13-20(18)25-3)21(23)17-9-8-15-6-4-5-7-16(15)12-17/h4-13H,14H2,1-3H3. The molecule has 0 aliphatic heterocycles. The maximum atomic E-state index is 12.8. The van der Waals surface area contributed by atoms with Crippen molar-refractivity contribution in [2.24, 2.45) is 0 Å². The second-order valence-electron chi connectivity index (χ2n) is 5.90. The molecule has 128 valence electrons. The summed E-state index contributed by atoms with van der Waals surface area (Å²) in [6.45, 7) is 0.457. The van der Waals surface area contributed by atoms with Gasteiger partial charge in [0.15, 0.2) is 0 Å². The van der Waals surface area contributed by atoms with E-state index in [1.54, 1.807) is 26.2 Å². The highest BCUT2D eigenvalue weighted by atomic mass is 16.5. The first kappa shape index (κ1) is 16.8. The van der Waals surface area contributed by atoms with E-state index in [4.69, 9.17) is 9.47 Å². The van der Waals surface area contributed by atoms with Gasteiger partial charge < -0.3 is 14.4 Å².